The third-order valence-corrected chi connectivity index (χ3v) is 87.8. The van der Waals surface area contributed by atoms with Gasteiger partial charge >= 0.3 is 163 Å². The summed E-state index contributed by atoms with van der Waals surface area (Å²) in [4.78, 5) is 0. The first kappa shape index (κ1) is 23.3. The summed E-state index contributed by atoms with van der Waals surface area (Å²) >= 11 is -3.42. The van der Waals surface area contributed by atoms with Crippen molar-refractivity contribution in [2.75, 3.05) is 0 Å². The van der Waals surface area contributed by atoms with Gasteiger partial charge in [-0.2, -0.15) is 0 Å². The summed E-state index contributed by atoms with van der Waals surface area (Å²) in [6.07, 6.45) is 2.71. The fourth-order valence-corrected chi connectivity index (χ4v) is 126. The molecule has 1 fully saturated rings. The van der Waals surface area contributed by atoms with Crippen LogP contribution in [0.1, 0.15) is 12.8 Å². The molecule has 1 rings (SSSR count). The van der Waals surface area contributed by atoms with E-state index in [-0.39, 0.29) is 0 Å². The maximum atomic E-state index is 7.87. The van der Waals surface area contributed by atoms with E-state index in [4.69, 9.17) is 17.8 Å². The minimum absolute atomic E-state index is 0.401. The van der Waals surface area contributed by atoms with E-state index in [1.807, 2.05) is 0 Å². The normalized spacial score (nSPS) is 24.8. The van der Waals surface area contributed by atoms with Gasteiger partial charge in [-0.1, -0.05) is 0 Å². The van der Waals surface area contributed by atoms with E-state index in [1.54, 1.807) is 0 Å². The van der Waals surface area contributed by atoms with Crippen molar-refractivity contribution >= 4 is 66.3 Å². The van der Waals surface area contributed by atoms with Gasteiger partial charge in [-0.25, -0.2) is 0 Å². The third-order valence-electron chi connectivity index (χ3n) is 7.07. The van der Waals surface area contributed by atoms with Crippen LogP contribution in [0.25, 0.3) is 0 Å². The molecule has 0 aromatic heterocycles. The molecule has 138 valence electrons. The first-order chi connectivity index (χ1) is 9.71. The van der Waals surface area contributed by atoms with Crippen LogP contribution in [-0.2, 0) is 0 Å². The first-order valence-corrected chi connectivity index (χ1v) is 33.2. The standard InChI is InChI=1S/C16H40Si4.2ClH.Sn/c1-17(2,3)15(18(4,5)6)13-14-16(19(7,8)9)20(10,11)12;;;/h13-14H2,1-12H3;2*1H;/q;;;+2/p-2. The molecule has 0 aromatic rings. The van der Waals surface area contributed by atoms with Crippen molar-refractivity contribution in [2.24, 2.45) is 0 Å². The molecule has 1 heterocycles. The zero-order valence-corrected chi connectivity index (χ0v) is 26.0. The van der Waals surface area contributed by atoms with E-state index >= 15 is 0 Å². The Morgan fingerprint density at radius 2 is 0.696 bits per heavy atom. The molecule has 0 N–H and O–H groups in total. The van der Waals surface area contributed by atoms with Crippen LogP contribution in [0, 0.1) is 0 Å². The van der Waals surface area contributed by atoms with E-state index < -0.39 is 48.4 Å². The summed E-state index contributed by atoms with van der Waals surface area (Å²) in [5, 5.41) is 0. The van der Waals surface area contributed by atoms with E-state index in [0.29, 0.717) is 5.35 Å². The van der Waals surface area contributed by atoms with E-state index in [9.17, 15) is 0 Å². The van der Waals surface area contributed by atoms with Gasteiger partial charge in [-0.05, 0) is 0 Å². The van der Waals surface area contributed by atoms with Crippen molar-refractivity contribution < 1.29 is 0 Å². The molecule has 0 amide bonds. The van der Waals surface area contributed by atoms with Crippen LogP contribution in [0.5, 0.6) is 0 Å². The van der Waals surface area contributed by atoms with Gasteiger partial charge in [-0.3, -0.25) is 0 Å². The molecular formula is C16H40Cl2Si4Sn. The topological polar surface area (TPSA) is 0 Å². The van der Waals surface area contributed by atoms with E-state index in [0.717, 1.165) is 0 Å². The Balaban J connectivity index is 3.88. The Labute approximate surface area is 161 Å². The molecular weight excluding hydrogens is 494 g/mol. The second-order valence-electron chi connectivity index (χ2n) is 11.9. The van der Waals surface area contributed by atoms with Gasteiger partial charge in [0.05, 0.1) is 0 Å². The molecule has 0 nitrogen and oxygen atoms in total. The van der Waals surface area contributed by atoms with Gasteiger partial charge in [0.1, 0.15) is 0 Å². The summed E-state index contributed by atoms with van der Waals surface area (Å²) in [5.41, 5.74) is 0. The van der Waals surface area contributed by atoms with Gasteiger partial charge < -0.3 is 0 Å². The Bertz CT molecular complexity index is 394. The molecule has 0 radical (unpaired) electrons. The molecule has 0 atom stereocenters. The second-order valence-corrected chi connectivity index (χ2v) is 57.1. The summed E-state index contributed by atoms with van der Waals surface area (Å²) in [5.74, 6) is 0. The fourth-order valence-electron chi connectivity index (χ4n) is 6.69. The average Bonchev–Trinajstić information content (AvgIpc) is 2.42. The molecule has 1 aliphatic heterocycles. The molecule has 0 bridgehead atoms. The first-order valence-electron chi connectivity index (χ1n) is 9.09. The maximum absolute atomic E-state index is 7.87. The summed E-state index contributed by atoms with van der Waals surface area (Å²) in [6, 6.07) is 0. The summed E-state index contributed by atoms with van der Waals surface area (Å²) < 4.78 is 0.802. The zero-order valence-electron chi connectivity index (χ0n) is 17.7. The van der Waals surface area contributed by atoms with Crippen LogP contribution in [0.2, 0.25) is 83.9 Å². The van der Waals surface area contributed by atoms with Gasteiger partial charge in [-0.15, -0.1) is 0 Å². The molecule has 0 unspecified atom stereocenters. The predicted octanol–water partition coefficient (Wildman–Crippen LogP) is 7.69. The second kappa shape index (κ2) is 6.13. The van der Waals surface area contributed by atoms with Gasteiger partial charge in [0.15, 0.2) is 0 Å². The van der Waals surface area contributed by atoms with Crippen LogP contribution in [-0.4, -0.2) is 48.4 Å². The number of rotatable bonds is 4. The van der Waals surface area contributed by atoms with Gasteiger partial charge in [0.25, 0.3) is 0 Å². The fraction of sp³-hybridized carbons (Fsp3) is 1.00. The van der Waals surface area contributed by atoms with Gasteiger partial charge in [0.2, 0.25) is 0 Å². The number of halogens is 2. The summed E-state index contributed by atoms with van der Waals surface area (Å²) in [6.45, 7) is 30.9. The van der Waals surface area contributed by atoms with E-state index in [1.165, 1.54) is 12.8 Å². The van der Waals surface area contributed by atoms with Crippen molar-refractivity contribution in [3.63, 3.8) is 0 Å². The quantitative estimate of drug-likeness (QED) is 0.325. The molecule has 0 aliphatic carbocycles. The average molecular weight is 534 g/mol. The monoisotopic (exact) mass is 534 g/mol. The molecule has 1 aliphatic rings. The predicted molar refractivity (Wildman–Crippen MR) is 125 cm³/mol. The Hall–Kier alpha value is 2.25. The Kier molecular flexibility index (Phi) is 6.20. The SMILES string of the molecule is C[Si](C)(C)[C]1([Si](C)(C)C)CC[C]([Si](C)(C)C)([Si](C)(C)C)[Sn]1([Cl])[Cl]. The zero-order chi connectivity index (χ0) is 18.9. The van der Waals surface area contributed by atoms with Crippen molar-refractivity contribution in [1.82, 2.24) is 0 Å². The molecule has 1 saturated heterocycles. The summed E-state index contributed by atoms with van der Waals surface area (Å²) in [7, 11) is 9.91. The van der Waals surface area contributed by atoms with Crippen molar-refractivity contribution in [2.45, 2.75) is 96.8 Å². The molecule has 7 heteroatoms. The van der Waals surface area contributed by atoms with Crippen LogP contribution in [0.4, 0.5) is 0 Å². The Morgan fingerprint density at radius 1 is 0.522 bits per heavy atom. The van der Waals surface area contributed by atoms with Crippen LogP contribution in [0.15, 0.2) is 0 Å². The number of hydrogen-bond donors (Lipinski definition) is 0. The van der Waals surface area contributed by atoms with Crippen LogP contribution in [0.3, 0.4) is 0 Å². The van der Waals surface area contributed by atoms with Crippen molar-refractivity contribution in [3.05, 3.63) is 0 Å². The van der Waals surface area contributed by atoms with Crippen LogP contribution >= 0.6 is 17.8 Å². The van der Waals surface area contributed by atoms with Crippen molar-refractivity contribution in [3.8, 4) is 0 Å². The Morgan fingerprint density at radius 3 is 0.783 bits per heavy atom. The third kappa shape index (κ3) is 3.00. The van der Waals surface area contributed by atoms with E-state index in [2.05, 4.69) is 78.6 Å². The molecule has 23 heavy (non-hydrogen) atoms. The van der Waals surface area contributed by atoms with Crippen LogP contribution < -0.4 is 0 Å². The van der Waals surface area contributed by atoms with Gasteiger partial charge in [0, 0.05) is 0 Å². The molecule has 0 spiro atoms. The molecule has 0 aromatic carbocycles. The minimum atomic E-state index is -3.42. The van der Waals surface area contributed by atoms with Crippen molar-refractivity contribution in [1.29, 1.82) is 0 Å². The molecule has 0 saturated carbocycles. The number of hydrogen-bond acceptors (Lipinski definition) is 0.